The summed E-state index contributed by atoms with van der Waals surface area (Å²) < 4.78 is 5.13. The molecule has 1 heterocycles. The number of carbonyl (C=O) groups is 3. The first-order valence-electron chi connectivity index (χ1n) is 9.28. The molecule has 0 saturated carbocycles. The molecule has 7 heteroatoms. The third-order valence-electron chi connectivity index (χ3n) is 3.94. The molecule has 6 nitrogen and oxygen atoms in total. The van der Waals surface area contributed by atoms with Crippen LogP contribution in [0, 0.1) is 18.3 Å². The number of anilines is 1. The number of aryl methyl sites for hydroxylation is 1. The number of ether oxygens (including phenoxy) is 1. The number of hydrogen-bond acceptors (Lipinski definition) is 5. The van der Waals surface area contributed by atoms with E-state index in [2.05, 4.69) is 24.5 Å². The Morgan fingerprint density at radius 2 is 1.78 bits per heavy atom. The maximum absolute atomic E-state index is 12.3. The summed E-state index contributed by atoms with van der Waals surface area (Å²) in [6, 6.07) is 1.78. The van der Waals surface area contributed by atoms with Crippen molar-refractivity contribution in [3.8, 4) is 0 Å². The highest BCUT2D eigenvalue weighted by Gasteiger charge is 2.23. The highest BCUT2D eigenvalue weighted by molar-refractivity contribution is 7.18. The Labute approximate surface area is 166 Å². The van der Waals surface area contributed by atoms with Gasteiger partial charge in [-0.15, -0.1) is 11.3 Å². The molecule has 1 aromatic rings. The van der Waals surface area contributed by atoms with E-state index in [0.29, 0.717) is 21.4 Å². The second kappa shape index (κ2) is 9.88. The van der Waals surface area contributed by atoms with Crippen LogP contribution >= 0.6 is 11.3 Å². The Morgan fingerprint density at radius 1 is 1.15 bits per heavy atom. The molecule has 1 atom stereocenters. The predicted molar refractivity (Wildman–Crippen MR) is 109 cm³/mol. The van der Waals surface area contributed by atoms with Gasteiger partial charge >= 0.3 is 5.97 Å². The number of amides is 2. The standard InChI is InChI=1S/C20H32N2O4S/c1-12(2)8-9-14(4)21-15(23)11-26-18(24)17-13(3)10-16(27-17)22-19(25)20(5,6)7/h10,12,14H,8-9,11H2,1-7H3,(H,21,23)(H,22,25). The van der Waals surface area contributed by atoms with Gasteiger partial charge in [0.05, 0.1) is 5.00 Å². The van der Waals surface area contributed by atoms with Gasteiger partial charge in [-0.1, -0.05) is 34.6 Å². The Balaban J connectivity index is 2.55. The van der Waals surface area contributed by atoms with Crippen LogP contribution in [-0.2, 0) is 14.3 Å². The fourth-order valence-corrected chi connectivity index (χ4v) is 3.18. The lowest BCUT2D eigenvalue weighted by atomic mass is 9.96. The molecule has 0 aliphatic rings. The topological polar surface area (TPSA) is 84.5 Å². The summed E-state index contributed by atoms with van der Waals surface area (Å²) in [5, 5.41) is 6.23. The van der Waals surface area contributed by atoms with Crippen molar-refractivity contribution >= 4 is 34.1 Å². The Hall–Kier alpha value is -1.89. The van der Waals surface area contributed by atoms with Crippen LogP contribution in [0.4, 0.5) is 5.00 Å². The third-order valence-corrected chi connectivity index (χ3v) is 5.07. The summed E-state index contributed by atoms with van der Waals surface area (Å²) in [6.07, 6.45) is 1.91. The van der Waals surface area contributed by atoms with E-state index in [0.717, 1.165) is 24.2 Å². The number of nitrogens with one attached hydrogen (secondary N) is 2. The minimum atomic E-state index is -0.557. The first-order chi connectivity index (χ1) is 12.4. The lowest BCUT2D eigenvalue weighted by molar-refractivity contribution is -0.125. The number of thiophene rings is 1. The molecule has 1 rings (SSSR count). The van der Waals surface area contributed by atoms with Gasteiger partial charge in [0.15, 0.2) is 6.61 Å². The van der Waals surface area contributed by atoms with Crippen molar-refractivity contribution in [2.75, 3.05) is 11.9 Å². The SMILES string of the molecule is Cc1cc(NC(=O)C(C)(C)C)sc1C(=O)OCC(=O)NC(C)CCC(C)C. The second-order valence-corrected chi connectivity index (χ2v) is 9.40. The van der Waals surface area contributed by atoms with Gasteiger partial charge in [0.1, 0.15) is 4.88 Å². The number of esters is 1. The van der Waals surface area contributed by atoms with E-state index in [1.165, 1.54) is 0 Å². The van der Waals surface area contributed by atoms with Crippen LogP contribution in [0.3, 0.4) is 0 Å². The summed E-state index contributed by atoms with van der Waals surface area (Å²) in [7, 11) is 0. The van der Waals surface area contributed by atoms with Crippen LogP contribution in [0.5, 0.6) is 0 Å². The Kier molecular flexibility index (Phi) is 8.47. The average molecular weight is 397 g/mol. The normalized spacial score (nSPS) is 12.6. The largest absolute Gasteiger partial charge is 0.451 e. The highest BCUT2D eigenvalue weighted by Crippen LogP contribution is 2.29. The van der Waals surface area contributed by atoms with E-state index in [4.69, 9.17) is 4.74 Å². The number of hydrogen-bond donors (Lipinski definition) is 2. The van der Waals surface area contributed by atoms with Crippen LogP contribution < -0.4 is 10.6 Å². The third kappa shape index (κ3) is 8.12. The minimum absolute atomic E-state index is 0.0429. The van der Waals surface area contributed by atoms with Gasteiger partial charge in [0.2, 0.25) is 5.91 Å². The van der Waals surface area contributed by atoms with Gasteiger partial charge in [0, 0.05) is 11.5 Å². The molecule has 0 bridgehead atoms. The Morgan fingerprint density at radius 3 is 2.33 bits per heavy atom. The molecule has 152 valence electrons. The molecular weight excluding hydrogens is 364 g/mol. The smallest absolute Gasteiger partial charge is 0.349 e. The van der Waals surface area contributed by atoms with Crippen LogP contribution in [0.2, 0.25) is 0 Å². The van der Waals surface area contributed by atoms with E-state index in [1.807, 2.05) is 27.7 Å². The quantitative estimate of drug-likeness (QED) is 0.647. The van der Waals surface area contributed by atoms with Gasteiger partial charge < -0.3 is 15.4 Å². The molecule has 0 fully saturated rings. The molecule has 0 saturated heterocycles. The zero-order valence-corrected chi connectivity index (χ0v) is 18.2. The molecule has 27 heavy (non-hydrogen) atoms. The molecule has 2 N–H and O–H groups in total. The van der Waals surface area contributed by atoms with Crippen LogP contribution in [0.1, 0.15) is 69.6 Å². The summed E-state index contributed by atoms with van der Waals surface area (Å²) in [4.78, 5) is 36.7. The van der Waals surface area contributed by atoms with Gasteiger partial charge in [-0.05, 0) is 44.2 Å². The average Bonchev–Trinajstić information content (AvgIpc) is 2.90. The van der Waals surface area contributed by atoms with Crippen LogP contribution in [0.15, 0.2) is 6.07 Å². The van der Waals surface area contributed by atoms with Crippen molar-refractivity contribution in [1.29, 1.82) is 0 Å². The van der Waals surface area contributed by atoms with E-state index >= 15 is 0 Å². The van der Waals surface area contributed by atoms with Gasteiger partial charge in [-0.25, -0.2) is 4.79 Å². The van der Waals surface area contributed by atoms with E-state index in [1.54, 1.807) is 13.0 Å². The molecular formula is C20H32N2O4S. The fourth-order valence-electron chi connectivity index (χ4n) is 2.21. The van der Waals surface area contributed by atoms with Crippen molar-refractivity contribution in [3.63, 3.8) is 0 Å². The first-order valence-corrected chi connectivity index (χ1v) is 10.1. The molecule has 0 aliphatic carbocycles. The van der Waals surface area contributed by atoms with Crippen LogP contribution in [0.25, 0.3) is 0 Å². The van der Waals surface area contributed by atoms with Gasteiger partial charge in [-0.2, -0.15) is 0 Å². The molecule has 2 amide bonds. The van der Waals surface area contributed by atoms with Gasteiger partial charge in [-0.3, -0.25) is 9.59 Å². The zero-order valence-electron chi connectivity index (χ0n) is 17.4. The van der Waals surface area contributed by atoms with Gasteiger partial charge in [0.25, 0.3) is 5.91 Å². The maximum atomic E-state index is 12.3. The van der Waals surface area contributed by atoms with E-state index < -0.39 is 11.4 Å². The Bertz CT molecular complexity index is 674. The van der Waals surface area contributed by atoms with E-state index in [-0.39, 0.29) is 24.5 Å². The fraction of sp³-hybridized carbons (Fsp3) is 0.650. The summed E-state index contributed by atoms with van der Waals surface area (Å²) in [6.45, 7) is 13.1. The molecule has 0 aliphatic heterocycles. The lowest BCUT2D eigenvalue weighted by Gasteiger charge is -2.16. The monoisotopic (exact) mass is 396 g/mol. The van der Waals surface area contributed by atoms with Crippen molar-refractivity contribution < 1.29 is 19.1 Å². The lowest BCUT2D eigenvalue weighted by Crippen LogP contribution is -2.36. The molecule has 1 unspecified atom stereocenters. The predicted octanol–water partition coefficient (Wildman–Crippen LogP) is 4.14. The van der Waals surface area contributed by atoms with Crippen LogP contribution in [-0.4, -0.2) is 30.4 Å². The number of rotatable bonds is 8. The van der Waals surface area contributed by atoms with Crippen molar-refractivity contribution in [2.45, 2.75) is 67.3 Å². The molecule has 1 aromatic heterocycles. The highest BCUT2D eigenvalue weighted by atomic mass is 32.1. The minimum Gasteiger partial charge on any atom is -0.451 e. The molecule has 0 radical (unpaired) electrons. The van der Waals surface area contributed by atoms with Crippen molar-refractivity contribution in [2.24, 2.45) is 11.3 Å². The van der Waals surface area contributed by atoms with Crippen molar-refractivity contribution in [1.82, 2.24) is 5.32 Å². The summed E-state index contributed by atoms with van der Waals surface area (Å²) in [5.41, 5.74) is 0.183. The van der Waals surface area contributed by atoms with Crippen molar-refractivity contribution in [3.05, 3.63) is 16.5 Å². The zero-order chi connectivity index (χ0) is 20.8. The van der Waals surface area contributed by atoms with E-state index in [9.17, 15) is 14.4 Å². The molecule has 0 aromatic carbocycles. The maximum Gasteiger partial charge on any atom is 0.349 e. The second-order valence-electron chi connectivity index (χ2n) is 8.34. The first kappa shape index (κ1) is 23.1. The number of carbonyl (C=O) groups excluding carboxylic acids is 3. The summed E-state index contributed by atoms with van der Waals surface area (Å²) in [5.74, 6) is -0.413. The summed E-state index contributed by atoms with van der Waals surface area (Å²) >= 11 is 1.15. The molecule has 0 spiro atoms.